The summed E-state index contributed by atoms with van der Waals surface area (Å²) in [5, 5.41) is 6.15. The molecule has 0 atom stereocenters. The van der Waals surface area contributed by atoms with Crippen LogP contribution in [-0.4, -0.2) is 57.8 Å². The highest BCUT2D eigenvalue weighted by Gasteiger charge is 2.12. The fourth-order valence-corrected chi connectivity index (χ4v) is 2.19. The molecule has 1 aromatic rings. The monoisotopic (exact) mass is 307 g/mol. The van der Waals surface area contributed by atoms with Gasteiger partial charge in [-0.05, 0) is 45.7 Å². The third kappa shape index (κ3) is 5.54. The molecule has 1 aromatic carbocycles. The van der Waals surface area contributed by atoms with E-state index in [2.05, 4.69) is 29.6 Å². The van der Waals surface area contributed by atoms with Crippen molar-refractivity contribution in [2.45, 2.75) is 12.8 Å². The lowest BCUT2D eigenvalue weighted by molar-refractivity contribution is -0.116. The zero-order valence-corrected chi connectivity index (χ0v) is 13.4. The zero-order valence-electron chi connectivity index (χ0n) is 13.4. The maximum atomic E-state index is 11.9. The van der Waals surface area contributed by atoms with Gasteiger partial charge in [0.15, 0.2) is 11.5 Å². The molecule has 1 amide bonds. The van der Waals surface area contributed by atoms with Gasteiger partial charge in [-0.15, -0.1) is 0 Å². The van der Waals surface area contributed by atoms with Crippen molar-refractivity contribution in [3.8, 4) is 11.5 Å². The van der Waals surface area contributed by atoms with E-state index in [9.17, 15) is 4.79 Å². The summed E-state index contributed by atoms with van der Waals surface area (Å²) in [5.41, 5.74) is 0.738. The lowest BCUT2D eigenvalue weighted by Gasteiger charge is -2.19. The number of carbonyl (C=O) groups is 1. The molecule has 122 valence electrons. The molecule has 0 bridgehead atoms. The van der Waals surface area contributed by atoms with Crippen LogP contribution in [0.3, 0.4) is 0 Å². The first kappa shape index (κ1) is 16.6. The molecule has 0 aromatic heterocycles. The Labute approximate surface area is 131 Å². The van der Waals surface area contributed by atoms with E-state index < -0.39 is 0 Å². The van der Waals surface area contributed by atoms with Gasteiger partial charge in [0.2, 0.25) is 5.91 Å². The van der Waals surface area contributed by atoms with E-state index in [1.807, 2.05) is 12.1 Å². The molecule has 22 heavy (non-hydrogen) atoms. The minimum Gasteiger partial charge on any atom is -0.486 e. The number of rotatable bonds is 8. The van der Waals surface area contributed by atoms with E-state index >= 15 is 0 Å². The van der Waals surface area contributed by atoms with Crippen molar-refractivity contribution < 1.29 is 14.3 Å². The Morgan fingerprint density at radius 1 is 1.18 bits per heavy atom. The number of benzene rings is 1. The Kier molecular flexibility index (Phi) is 6.48. The minimum absolute atomic E-state index is 0.00297. The first-order chi connectivity index (χ1) is 10.6. The highest BCUT2D eigenvalue weighted by molar-refractivity contribution is 5.91. The van der Waals surface area contributed by atoms with Crippen molar-refractivity contribution in [1.82, 2.24) is 10.2 Å². The summed E-state index contributed by atoms with van der Waals surface area (Å²) in [4.78, 5) is 14.0. The van der Waals surface area contributed by atoms with E-state index in [4.69, 9.17) is 9.47 Å². The van der Waals surface area contributed by atoms with Crippen molar-refractivity contribution in [2.24, 2.45) is 0 Å². The third-order valence-electron chi connectivity index (χ3n) is 3.31. The molecular formula is C16H25N3O3. The second-order valence-corrected chi connectivity index (χ2v) is 5.56. The standard InChI is InChI=1S/C16H25N3O3/c1-19(2)9-3-7-17-8-6-16(20)18-13-4-5-14-15(12-13)22-11-10-21-14/h4-5,12,17H,3,6-11H2,1-2H3,(H,18,20). The molecule has 0 spiro atoms. The number of fused-ring (bicyclic) bond motifs is 1. The van der Waals surface area contributed by atoms with Gasteiger partial charge in [-0.2, -0.15) is 0 Å². The second kappa shape index (κ2) is 8.60. The van der Waals surface area contributed by atoms with Crippen LogP contribution in [0.25, 0.3) is 0 Å². The van der Waals surface area contributed by atoms with Gasteiger partial charge in [0.25, 0.3) is 0 Å². The molecule has 0 unspecified atom stereocenters. The fourth-order valence-electron chi connectivity index (χ4n) is 2.19. The average Bonchev–Trinajstić information content (AvgIpc) is 2.50. The van der Waals surface area contributed by atoms with Crippen LogP contribution >= 0.6 is 0 Å². The average molecular weight is 307 g/mol. The number of hydrogen-bond acceptors (Lipinski definition) is 5. The number of amides is 1. The Morgan fingerprint density at radius 3 is 2.73 bits per heavy atom. The van der Waals surface area contributed by atoms with Gasteiger partial charge in [-0.25, -0.2) is 0 Å². The molecular weight excluding hydrogens is 282 g/mol. The van der Waals surface area contributed by atoms with Crippen LogP contribution in [-0.2, 0) is 4.79 Å². The van der Waals surface area contributed by atoms with Crippen molar-refractivity contribution >= 4 is 11.6 Å². The summed E-state index contributed by atoms with van der Waals surface area (Å²) in [7, 11) is 4.11. The Morgan fingerprint density at radius 2 is 1.95 bits per heavy atom. The summed E-state index contributed by atoms with van der Waals surface area (Å²) < 4.78 is 10.9. The maximum Gasteiger partial charge on any atom is 0.225 e. The summed E-state index contributed by atoms with van der Waals surface area (Å²) in [6, 6.07) is 5.45. The molecule has 0 fully saturated rings. The molecule has 6 heteroatoms. The normalized spacial score (nSPS) is 13.2. The van der Waals surface area contributed by atoms with Crippen LogP contribution in [0.15, 0.2) is 18.2 Å². The molecule has 1 aliphatic heterocycles. The number of hydrogen-bond donors (Lipinski definition) is 2. The van der Waals surface area contributed by atoms with Crippen molar-refractivity contribution in [1.29, 1.82) is 0 Å². The van der Waals surface area contributed by atoms with E-state index in [0.717, 1.165) is 30.9 Å². The van der Waals surface area contributed by atoms with Gasteiger partial charge in [0.05, 0.1) is 0 Å². The number of nitrogens with one attached hydrogen (secondary N) is 2. The number of ether oxygens (including phenoxy) is 2. The molecule has 0 aliphatic carbocycles. The van der Waals surface area contributed by atoms with E-state index in [1.54, 1.807) is 6.07 Å². The highest BCUT2D eigenvalue weighted by atomic mass is 16.6. The predicted octanol–water partition coefficient (Wildman–Crippen LogP) is 1.33. The molecule has 1 aliphatic rings. The molecule has 1 heterocycles. The number of nitrogens with zero attached hydrogens (tertiary/aromatic N) is 1. The van der Waals surface area contributed by atoms with E-state index in [0.29, 0.717) is 31.9 Å². The smallest absolute Gasteiger partial charge is 0.225 e. The van der Waals surface area contributed by atoms with Gasteiger partial charge in [-0.3, -0.25) is 4.79 Å². The molecule has 6 nitrogen and oxygen atoms in total. The van der Waals surface area contributed by atoms with Gasteiger partial charge >= 0.3 is 0 Å². The fraction of sp³-hybridized carbons (Fsp3) is 0.562. The van der Waals surface area contributed by atoms with Gasteiger partial charge in [-0.1, -0.05) is 0 Å². The quantitative estimate of drug-likeness (QED) is 0.710. The molecule has 2 rings (SSSR count). The second-order valence-electron chi connectivity index (χ2n) is 5.56. The molecule has 0 radical (unpaired) electrons. The Bertz CT molecular complexity index is 492. The summed E-state index contributed by atoms with van der Waals surface area (Å²) in [5.74, 6) is 1.41. The van der Waals surface area contributed by atoms with Crippen LogP contribution < -0.4 is 20.1 Å². The van der Waals surface area contributed by atoms with Crippen molar-refractivity contribution in [3.05, 3.63) is 18.2 Å². The summed E-state index contributed by atoms with van der Waals surface area (Å²) in [6.45, 7) is 3.77. The van der Waals surface area contributed by atoms with E-state index in [1.165, 1.54) is 0 Å². The van der Waals surface area contributed by atoms with Gasteiger partial charge < -0.3 is 25.0 Å². The number of anilines is 1. The predicted molar refractivity (Wildman–Crippen MR) is 86.7 cm³/mol. The maximum absolute atomic E-state index is 11.9. The van der Waals surface area contributed by atoms with Crippen LogP contribution in [0, 0.1) is 0 Å². The van der Waals surface area contributed by atoms with Crippen molar-refractivity contribution in [3.63, 3.8) is 0 Å². The number of carbonyl (C=O) groups excluding carboxylic acids is 1. The van der Waals surface area contributed by atoms with E-state index in [-0.39, 0.29) is 5.91 Å². The summed E-state index contributed by atoms with van der Waals surface area (Å²) in [6.07, 6.45) is 1.53. The zero-order chi connectivity index (χ0) is 15.8. The van der Waals surface area contributed by atoms with Gasteiger partial charge in [0, 0.05) is 24.7 Å². The van der Waals surface area contributed by atoms with Crippen molar-refractivity contribution in [2.75, 3.05) is 52.3 Å². The third-order valence-corrected chi connectivity index (χ3v) is 3.31. The lowest BCUT2D eigenvalue weighted by atomic mass is 10.2. The Balaban J connectivity index is 1.66. The lowest BCUT2D eigenvalue weighted by Crippen LogP contribution is -2.25. The summed E-state index contributed by atoms with van der Waals surface area (Å²) >= 11 is 0. The largest absolute Gasteiger partial charge is 0.486 e. The van der Waals surface area contributed by atoms with Crippen LogP contribution in [0.1, 0.15) is 12.8 Å². The Hall–Kier alpha value is -1.79. The van der Waals surface area contributed by atoms with Crippen LogP contribution in [0.4, 0.5) is 5.69 Å². The molecule has 0 saturated heterocycles. The molecule has 2 N–H and O–H groups in total. The van der Waals surface area contributed by atoms with Crippen LogP contribution in [0.5, 0.6) is 11.5 Å². The van der Waals surface area contributed by atoms with Gasteiger partial charge in [0.1, 0.15) is 13.2 Å². The minimum atomic E-state index is -0.00297. The molecule has 0 saturated carbocycles. The SMILES string of the molecule is CN(C)CCCNCCC(=O)Nc1ccc2c(c1)OCCO2. The topological polar surface area (TPSA) is 62.8 Å². The first-order valence-electron chi connectivity index (χ1n) is 7.70. The highest BCUT2D eigenvalue weighted by Crippen LogP contribution is 2.32. The van der Waals surface area contributed by atoms with Crippen LogP contribution in [0.2, 0.25) is 0 Å². The first-order valence-corrected chi connectivity index (χ1v) is 7.70.